The predicted octanol–water partition coefficient (Wildman–Crippen LogP) is 3.75. The Kier molecular flexibility index (Phi) is 4.60. The summed E-state index contributed by atoms with van der Waals surface area (Å²) in [7, 11) is 0. The second-order valence-electron chi connectivity index (χ2n) is 6.76. The van der Waals surface area contributed by atoms with Gasteiger partial charge in [0.1, 0.15) is 11.6 Å². The average molecular weight is 354 g/mol. The number of hydrogen-bond donors (Lipinski definition) is 2. The quantitative estimate of drug-likeness (QED) is 0.752. The number of rotatable bonds is 3. The van der Waals surface area contributed by atoms with E-state index in [9.17, 15) is 5.11 Å². The maximum atomic E-state index is 11.0. The molecular weight excluding hydrogens is 332 g/mol. The summed E-state index contributed by atoms with van der Waals surface area (Å²) < 4.78 is 0. The van der Waals surface area contributed by atoms with Gasteiger partial charge in [-0.1, -0.05) is 41.9 Å². The number of nitrogens with one attached hydrogen (secondary N) is 1. The van der Waals surface area contributed by atoms with Crippen LogP contribution in [-0.4, -0.2) is 23.2 Å². The van der Waals surface area contributed by atoms with E-state index in [0.29, 0.717) is 10.5 Å². The Labute approximate surface area is 152 Å². The van der Waals surface area contributed by atoms with E-state index in [2.05, 4.69) is 29.2 Å². The highest BCUT2D eigenvalue weighted by Gasteiger charge is 2.31. The minimum atomic E-state index is 0.0745. The molecule has 1 aliphatic heterocycles. The van der Waals surface area contributed by atoms with Crippen LogP contribution in [-0.2, 0) is 0 Å². The van der Waals surface area contributed by atoms with Crippen LogP contribution in [0.25, 0.3) is 10.9 Å². The zero-order chi connectivity index (χ0) is 17.2. The Morgan fingerprint density at radius 2 is 1.76 bits per heavy atom. The normalized spacial score (nSPS) is 16.8. The van der Waals surface area contributed by atoms with Crippen molar-refractivity contribution in [2.75, 3.05) is 13.1 Å². The molecule has 1 saturated heterocycles. The summed E-state index contributed by atoms with van der Waals surface area (Å²) in [6, 6.07) is 16.2. The van der Waals surface area contributed by atoms with Crippen LogP contribution in [0.3, 0.4) is 0 Å². The van der Waals surface area contributed by atoms with Crippen molar-refractivity contribution in [1.29, 1.82) is 0 Å². The highest BCUT2D eigenvalue weighted by atomic mass is 35.5. The highest BCUT2D eigenvalue weighted by molar-refractivity contribution is 6.35. The van der Waals surface area contributed by atoms with E-state index in [1.54, 1.807) is 6.20 Å². The summed E-state index contributed by atoms with van der Waals surface area (Å²) in [6.45, 7) is 2.22. The van der Waals surface area contributed by atoms with Gasteiger partial charge in [0.2, 0.25) is 0 Å². The molecule has 2 aromatic carbocycles. The molecule has 4 heteroatoms. The summed E-state index contributed by atoms with van der Waals surface area (Å²) >= 11 is 6.54. The number of aromatic hydroxyl groups is 1. The summed E-state index contributed by atoms with van der Waals surface area (Å²) in [6.07, 6.45) is 5.43. The lowest BCUT2D eigenvalue weighted by molar-refractivity contribution is -0.930. The zero-order valence-electron chi connectivity index (χ0n) is 14.1. The molecule has 0 bridgehead atoms. The van der Waals surface area contributed by atoms with Gasteiger partial charge in [0.05, 0.1) is 23.7 Å². The summed E-state index contributed by atoms with van der Waals surface area (Å²) in [5.74, 6) is 0.256. The van der Waals surface area contributed by atoms with E-state index in [4.69, 9.17) is 11.6 Å². The third kappa shape index (κ3) is 3.10. The van der Waals surface area contributed by atoms with Crippen molar-refractivity contribution in [3.63, 3.8) is 0 Å². The third-order valence-electron chi connectivity index (χ3n) is 5.19. The largest absolute Gasteiger partial charge is 0.505 e. The first-order valence-electron chi connectivity index (χ1n) is 8.91. The van der Waals surface area contributed by atoms with Crippen LogP contribution in [0.2, 0.25) is 5.02 Å². The Balaban J connectivity index is 1.90. The molecule has 1 atom stereocenters. The number of pyridine rings is 1. The number of phenols is 1. The van der Waals surface area contributed by atoms with Gasteiger partial charge in [0.25, 0.3) is 0 Å². The molecule has 1 aromatic heterocycles. The first kappa shape index (κ1) is 16.4. The van der Waals surface area contributed by atoms with Crippen LogP contribution in [0.5, 0.6) is 5.75 Å². The van der Waals surface area contributed by atoms with Crippen molar-refractivity contribution in [3.05, 3.63) is 70.9 Å². The minimum Gasteiger partial charge on any atom is -0.505 e. The van der Waals surface area contributed by atoms with Gasteiger partial charge >= 0.3 is 0 Å². The SMILES string of the molecule is Oc1c(C(c2ccccc2)[NH+]2CCCCC2)cc(Cl)c2cccnc12. The number of benzene rings is 2. The zero-order valence-corrected chi connectivity index (χ0v) is 14.8. The van der Waals surface area contributed by atoms with Crippen LogP contribution in [0, 0.1) is 0 Å². The van der Waals surface area contributed by atoms with E-state index in [-0.39, 0.29) is 11.8 Å². The molecule has 2 heterocycles. The van der Waals surface area contributed by atoms with E-state index in [1.165, 1.54) is 29.7 Å². The van der Waals surface area contributed by atoms with Crippen molar-refractivity contribution >= 4 is 22.5 Å². The number of phenolic OH excluding ortho intramolecular Hbond substituents is 1. The van der Waals surface area contributed by atoms with Gasteiger partial charge in [-0.2, -0.15) is 0 Å². The maximum Gasteiger partial charge on any atom is 0.151 e. The Morgan fingerprint density at radius 1 is 1.00 bits per heavy atom. The van der Waals surface area contributed by atoms with Crippen molar-refractivity contribution < 1.29 is 10.0 Å². The molecule has 3 nitrogen and oxygen atoms in total. The average Bonchev–Trinajstić information content (AvgIpc) is 2.68. The number of aromatic nitrogens is 1. The van der Waals surface area contributed by atoms with Gasteiger partial charge in [-0.25, -0.2) is 0 Å². The molecule has 0 saturated carbocycles. The molecule has 3 aromatic rings. The second kappa shape index (κ2) is 7.03. The number of piperidine rings is 1. The smallest absolute Gasteiger partial charge is 0.151 e. The fourth-order valence-corrected chi connectivity index (χ4v) is 4.27. The molecule has 25 heavy (non-hydrogen) atoms. The van der Waals surface area contributed by atoms with Gasteiger partial charge in [-0.15, -0.1) is 0 Å². The summed E-state index contributed by atoms with van der Waals surface area (Å²) in [5.41, 5.74) is 2.67. The van der Waals surface area contributed by atoms with Crippen molar-refractivity contribution in [2.24, 2.45) is 0 Å². The minimum absolute atomic E-state index is 0.0745. The molecular formula is C21H22ClN2O+. The van der Waals surface area contributed by atoms with Gasteiger partial charge < -0.3 is 10.0 Å². The van der Waals surface area contributed by atoms with Gasteiger partial charge in [-0.3, -0.25) is 4.98 Å². The molecule has 0 aliphatic carbocycles. The standard InChI is InChI=1S/C21H21ClN2O/c22-18-14-17(21(25)19-16(18)10-7-11-23-19)20(15-8-3-1-4-9-15)24-12-5-2-6-13-24/h1,3-4,7-11,14,20,25H,2,5-6,12-13H2/p+1. The highest BCUT2D eigenvalue weighted by Crippen LogP contribution is 2.37. The van der Waals surface area contributed by atoms with Gasteiger partial charge in [0.15, 0.2) is 5.75 Å². The monoisotopic (exact) mass is 353 g/mol. The fraction of sp³-hybridized carbons (Fsp3) is 0.286. The second-order valence-corrected chi connectivity index (χ2v) is 7.17. The fourth-order valence-electron chi connectivity index (χ4n) is 4.00. The van der Waals surface area contributed by atoms with Crippen molar-refractivity contribution in [2.45, 2.75) is 25.3 Å². The molecule has 4 rings (SSSR count). The van der Waals surface area contributed by atoms with Crippen LogP contribution >= 0.6 is 11.6 Å². The number of halogens is 1. The molecule has 1 unspecified atom stereocenters. The Hall–Kier alpha value is -2.10. The van der Waals surface area contributed by atoms with Crippen LogP contribution in [0.4, 0.5) is 0 Å². The van der Waals surface area contributed by atoms with Gasteiger partial charge in [-0.05, 0) is 37.5 Å². The maximum absolute atomic E-state index is 11.0. The Morgan fingerprint density at radius 3 is 2.52 bits per heavy atom. The topological polar surface area (TPSA) is 37.6 Å². The lowest BCUT2D eigenvalue weighted by atomic mass is 9.93. The van der Waals surface area contributed by atoms with Gasteiger partial charge in [0, 0.05) is 17.1 Å². The number of hydrogen-bond acceptors (Lipinski definition) is 2. The lowest BCUT2D eigenvalue weighted by Crippen LogP contribution is -3.13. The van der Waals surface area contributed by atoms with E-state index < -0.39 is 0 Å². The first-order valence-corrected chi connectivity index (χ1v) is 9.29. The van der Waals surface area contributed by atoms with Crippen molar-refractivity contribution in [3.8, 4) is 5.75 Å². The van der Waals surface area contributed by atoms with E-state index in [1.807, 2.05) is 24.3 Å². The summed E-state index contributed by atoms with van der Waals surface area (Å²) in [4.78, 5) is 5.87. The van der Waals surface area contributed by atoms with Crippen LogP contribution in [0.15, 0.2) is 54.7 Å². The number of quaternary nitrogens is 1. The number of fused-ring (bicyclic) bond motifs is 1. The summed E-state index contributed by atoms with van der Waals surface area (Å²) in [5, 5.41) is 12.4. The Bertz CT molecular complexity index is 876. The molecule has 1 aliphatic rings. The predicted molar refractivity (Wildman–Crippen MR) is 101 cm³/mol. The lowest BCUT2D eigenvalue weighted by Gasteiger charge is -2.32. The molecule has 1 fully saturated rings. The number of nitrogens with zero attached hydrogens (tertiary/aromatic N) is 1. The first-order chi connectivity index (χ1) is 12.3. The molecule has 2 N–H and O–H groups in total. The third-order valence-corrected chi connectivity index (χ3v) is 5.51. The van der Waals surface area contributed by atoms with Crippen LogP contribution in [0.1, 0.15) is 36.4 Å². The molecule has 0 spiro atoms. The van der Waals surface area contributed by atoms with Crippen molar-refractivity contribution in [1.82, 2.24) is 4.98 Å². The number of likely N-dealkylation sites (tertiary alicyclic amines) is 1. The van der Waals surface area contributed by atoms with E-state index in [0.717, 1.165) is 24.0 Å². The van der Waals surface area contributed by atoms with Crippen LogP contribution < -0.4 is 4.90 Å². The molecule has 0 radical (unpaired) electrons. The van der Waals surface area contributed by atoms with E-state index >= 15 is 0 Å². The molecule has 0 amide bonds. The molecule has 128 valence electrons.